The van der Waals surface area contributed by atoms with E-state index in [4.69, 9.17) is 16.3 Å². The number of halogens is 1. The lowest BCUT2D eigenvalue weighted by Gasteiger charge is -2.33. The molecule has 1 heterocycles. The summed E-state index contributed by atoms with van der Waals surface area (Å²) in [6, 6.07) is 0.679. The highest BCUT2D eigenvalue weighted by Crippen LogP contribution is 2.24. The molecular formula is C10H19ClN2O. The molecule has 0 aromatic rings. The monoisotopic (exact) mass is 218 g/mol. The van der Waals surface area contributed by atoms with E-state index in [1.165, 1.54) is 0 Å². The van der Waals surface area contributed by atoms with E-state index >= 15 is 0 Å². The van der Waals surface area contributed by atoms with Crippen molar-refractivity contribution in [1.82, 2.24) is 10.2 Å². The molecule has 1 aliphatic heterocycles. The Hall–Kier alpha value is 0.170. The van der Waals surface area contributed by atoms with E-state index in [9.17, 15) is 0 Å². The number of nitrogens with one attached hydrogen (secondary N) is 1. The summed E-state index contributed by atoms with van der Waals surface area (Å²) in [6.45, 7) is 6.20. The minimum Gasteiger partial charge on any atom is -0.379 e. The molecule has 14 heavy (non-hydrogen) atoms. The van der Waals surface area contributed by atoms with Crippen molar-refractivity contribution >= 4 is 11.6 Å². The van der Waals surface area contributed by atoms with Crippen molar-refractivity contribution in [2.75, 3.05) is 39.4 Å². The summed E-state index contributed by atoms with van der Waals surface area (Å²) in [7, 11) is 0. The second-order valence-corrected chi connectivity index (χ2v) is 4.79. The SMILES string of the molecule is ClC1CC(NCCN2CCOCC2)C1. The fourth-order valence-electron chi connectivity index (χ4n) is 1.97. The molecule has 1 saturated heterocycles. The molecule has 0 radical (unpaired) electrons. The van der Waals surface area contributed by atoms with Gasteiger partial charge in [-0.15, -0.1) is 11.6 Å². The van der Waals surface area contributed by atoms with E-state index in [1.54, 1.807) is 0 Å². The zero-order valence-corrected chi connectivity index (χ0v) is 9.30. The summed E-state index contributed by atoms with van der Waals surface area (Å²) < 4.78 is 5.29. The first-order chi connectivity index (χ1) is 6.84. The molecule has 0 unspecified atom stereocenters. The number of hydrogen-bond donors (Lipinski definition) is 1. The minimum absolute atomic E-state index is 0.427. The van der Waals surface area contributed by atoms with Crippen LogP contribution in [0.5, 0.6) is 0 Å². The van der Waals surface area contributed by atoms with Crippen LogP contribution in [0.2, 0.25) is 0 Å². The van der Waals surface area contributed by atoms with Gasteiger partial charge in [-0.2, -0.15) is 0 Å². The highest BCUT2D eigenvalue weighted by Gasteiger charge is 2.26. The van der Waals surface area contributed by atoms with Crippen molar-refractivity contribution in [3.05, 3.63) is 0 Å². The van der Waals surface area contributed by atoms with E-state index < -0.39 is 0 Å². The summed E-state index contributed by atoms with van der Waals surface area (Å²) in [4.78, 5) is 2.45. The maximum absolute atomic E-state index is 5.90. The maximum Gasteiger partial charge on any atom is 0.0594 e. The number of nitrogens with zero attached hydrogens (tertiary/aromatic N) is 1. The first kappa shape index (κ1) is 10.7. The molecule has 3 nitrogen and oxygen atoms in total. The number of morpholine rings is 1. The fraction of sp³-hybridized carbons (Fsp3) is 1.00. The third kappa shape index (κ3) is 3.09. The quantitative estimate of drug-likeness (QED) is 0.703. The first-order valence-corrected chi connectivity index (χ1v) is 5.96. The maximum atomic E-state index is 5.90. The van der Waals surface area contributed by atoms with E-state index in [2.05, 4.69) is 10.2 Å². The van der Waals surface area contributed by atoms with Gasteiger partial charge in [-0.25, -0.2) is 0 Å². The standard InChI is InChI=1S/C10H19ClN2O/c11-9-7-10(8-9)12-1-2-13-3-5-14-6-4-13/h9-10,12H,1-8H2. The van der Waals surface area contributed by atoms with Gasteiger partial charge in [0, 0.05) is 37.6 Å². The van der Waals surface area contributed by atoms with Crippen LogP contribution in [0.4, 0.5) is 0 Å². The predicted molar refractivity (Wildman–Crippen MR) is 57.9 cm³/mol. The molecule has 0 spiro atoms. The molecular weight excluding hydrogens is 200 g/mol. The summed E-state index contributed by atoms with van der Waals surface area (Å²) in [5, 5.41) is 3.96. The van der Waals surface area contributed by atoms with Gasteiger partial charge in [0.1, 0.15) is 0 Å². The fourth-order valence-corrected chi connectivity index (χ4v) is 2.40. The zero-order valence-electron chi connectivity index (χ0n) is 8.54. The van der Waals surface area contributed by atoms with Crippen molar-refractivity contribution in [3.8, 4) is 0 Å². The van der Waals surface area contributed by atoms with E-state index in [-0.39, 0.29) is 0 Å². The Morgan fingerprint density at radius 3 is 2.64 bits per heavy atom. The van der Waals surface area contributed by atoms with Gasteiger partial charge in [0.15, 0.2) is 0 Å². The Kier molecular flexibility index (Phi) is 4.05. The molecule has 0 atom stereocenters. The number of ether oxygens (including phenoxy) is 1. The smallest absolute Gasteiger partial charge is 0.0594 e. The number of alkyl halides is 1. The van der Waals surface area contributed by atoms with Crippen LogP contribution in [0.3, 0.4) is 0 Å². The van der Waals surface area contributed by atoms with Gasteiger partial charge in [0.2, 0.25) is 0 Å². The van der Waals surface area contributed by atoms with Gasteiger partial charge in [-0.1, -0.05) is 0 Å². The van der Waals surface area contributed by atoms with Gasteiger partial charge < -0.3 is 10.1 Å². The van der Waals surface area contributed by atoms with Crippen molar-refractivity contribution in [3.63, 3.8) is 0 Å². The van der Waals surface area contributed by atoms with Gasteiger partial charge in [-0.05, 0) is 12.8 Å². The average Bonchev–Trinajstić information content (AvgIpc) is 2.17. The van der Waals surface area contributed by atoms with Gasteiger partial charge in [0.25, 0.3) is 0 Å². The second-order valence-electron chi connectivity index (χ2n) is 4.17. The molecule has 2 fully saturated rings. The molecule has 1 saturated carbocycles. The summed E-state index contributed by atoms with van der Waals surface area (Å²) in [5.74, 6) is 0. The first-order valence-electron chi connectivity index (χ1n) is 5.52. The summed E-state index contributed by atoms with van der Waals surface area (Å²) in [5.41, 5.74) is 0. The molecule has 4 heteroatoms. The lowest BCUT2D eigenvalue weighted by molar-refractivity contribution is 0.0378. The Morgan fingerprint density at radius 2 is 2.00 bits per heavy atom. The van der Waals surface area contributed by atoms with Crippen LogP contribution in [-0.4, -0.2) is 55.7 Å². The van der Waals surface area contributed by atoms with Crippen LogP contribution in [-0.2, 0) is 4.74 Å². The topological polar surface area (TPSA) is 24.5 Å². The number of rotatable bonds is 4. The second kappa shape index (κ2) is 5.31. The molecule has 82 valence electrons. The third-order valence-corrected chi connectivity index (χ3v) is 3.40. The molecule has 1 aliphatic carbocycles. The van der Waals surface area contributed by atoms with Crippen molar-refractivity contribution in [2.45, 2.75) is 24.3 Å². The molecule has 1 N–H and O–H groups in total. The van der Waals surface area contributed by atoms with Gasteiger partial charge in [-0.3, -0.25) is 4.90 Å². The van der Waals surface area contributed by atoms with E-state index in [0.29, 0.717) is 11.4 Å². The van der Waals surface area contributed by atoms with Gasteiger partial charge in [0.05, 0.1) is 13.2 Å². The molecule has 0 aromatic heterocycles. The van der Waals surface area contributed by atoms with Crippen LogP contribution < -0.4 is 5.32 Å². The van der Waals surface area contributed by atoms with Gasteiger partial charge >= 0.3 is 0 Å². The Labute approximate surface area is 90.7 Å². The van der Waals surface area contributed by atoms with Crippen LogP contribution in [0, 0.1) is 0 Å². The summed E-state index contributed by atoms with van der Waals surface area (Å²) >= 11 is 5.90. The van der Waals surface area contributed by atoms with Crippen molar-refractivity contribution < 1.29 is 4.74 Å². The number of hydrogen-bond acceptors (Lipinski definition) is 3. The highest BCUT2D eigenvalue weighted by atomic mass is 35.5. The van der Waals surface area contributed by atoms with Crippen LogP contribution >= 0.6 is 11.6 Å². The molecule has 0 aromatic carbocycles. The van der Waals surface area contributed by atoms with Crippen molar-refractivity contribution in [1.29, 1.82) is 0 Å². The normalized spacial score (nSPS) is 34.1. The van der Waals surface area contributed by atoms with Crippen molar-refractivity contribution in [2.24, 2.45) is 0 Å². The van der Waals surface area contributed by atoms with Crippen LogP contribution in [0.25, 0.3) is 0 Å². The van der Waals surface area contributed by atoms with Crippen LogP contribution in [0.15, 0.2) is 0 Å². The lowest BCUT2D eigenvalue weighted by atomic mass is 9.92. The Morgan fingerprint density at radius 1 is 1.29 bits per heavy atom. The third-order valence-electron chi connectivity index (χ3n) is 3.05. The predicted octanol–water partition coefficient (Wildman–Crippen LogP) is 0.678. The van der Waals surface area contributed by atoms with E-state index in [0.717, 1.165) is 52.2 Å². The molecule has 0 bridgehead atoms. The highest BCUT2D eigenvalue weighted by molar-refractivity contribution is 6.21. The Bertz CT molecular complexity index is 168. The summed E-state index contributed by atoms with van der Waals surface area (Å²) in [6.07, 6.45) is 2.29. The average molecular weight is 219 g/mol. The molecule has 0 amide bonds. The largest absolute Gasteiger partial charge is 0.379 e. The Balaban J connectivity index is 1.50. The van der Waals surface area contributed by atoms with E-state index in [1.807, 2.05) is 0 Å². The lowest BCUT2D eigenvalue weighted by Crippen LogP contribution is -2.46. The van der Waals surface area contributed by atoms with Crippen LogP contribution in [0.1, 0.15) is 12.8 Å². The zero-order chi connectivity index (χ0) is 9.80. The minimum atomic E-state index is 0.427. The molecule has 2 rings (SSSR count). The molecule has 2 aliphatic rings.